The van der Waals surface area contributed by atoms with Gasteiger partial charge in [0.2, 0.25) is 5.91 Å². The van der Waals surface area contributed by atoms with E-state index in [2.05, 4.69) is 17.6 Å². The highest BCUT2D eigenvalue weighted by atomic mass is 16.5. The summed E-state index contributed by atoms with van der Waals surface area (Å²) in [6.07, 6.45) is 0. The molecule has 1 aliphatic rings. The Morgan fingerprint density at radius 3 is 2.50 bits per heavy atom. The van der Waals surface area contributed by atoms with E-state index in [1.165, 1.54) is 0 Å². The average Bonchev–Trinajstić information content (AvgIpc) is 3.06. The molecule has 4 nitrogen and oxygen atoms in total. The lowest BCUT2D eigenvalue weighted by atomic mass is 9.97. The Hall–Kier alpha value is -2.33. The second kappa shape index (κ2) is 7.97. The Morgan fingerprint density at radius 2 is 1.83 bits per heavy atom. The summed E-state index contributed by atoms with van der Waals surface area (Å²) in [4.78, 5) is 12.2. The Kier molecular flexibility index (Phi) is 5.49. The molecule has 0 unspecified atom stereocenters. The molecule has 4 heteroatoms. The molecule has 0 aliphatic carbocycles. The first kappa shape index (κ1) is 16.5. The summed E-state index contributed by atoms with van der Waals surface area (Å²) in [5.41, 5.74) is 2.22. The van der Waals surface area contributed by atoms with E-state index >= 15 is 0 Å². The predicted molar refractivity (Wildman–Crippen MR) is 94.6 cm³/mol. The molecular weight excluding hydrogens is 300 g/mol. The number of amides is 1. The Bertz CT molecular complexity index is 655. The Morgan fingerprint density at radius 1 is 1.08 bits per heavy atom. The summed E-state index contributed by atoms with van der Waals surface area (Å²) in [5, 5.41) is 6.29. The smallest absolute Gasteiger partial charge is 0.224 e. The summed E-state index contributed by atoms with van der Waals surface area (Å²) >= 11 is 0. The lowest BCUT2D eigenvalue weighted by molar-refractivity contribution is -0.125. The molecule has 1 fully saturated rings. The second-order valence-corrected chi connectivity index (χ2v) is 6.38. The van der Waals surface area contributed by atoms with Crippen LogP contribution in [0.2, 0.25) is 0 Å². The van der Waals surface area contributed by atoms with Crippen molar-refractivity contribution < 1.29 is 9.53 Å². The van der Waals surface area contributed by atoms with Crippen molar-refractivity contribution in [2.75, 3.05) is 13.1 Å². The molecule has 2 aromatic rings. The number of benzene rings is 2. The number of hydrogen-bond donors (Lipinski definition) is 2. The summed E-state index contributed by atoms with van der Waals surface area (Å²) in [6, 6.07) is 18.0. The fourth-order valence-corrected chi connectivity index (χ4v) is 2.93. The molecule has 0 bridgehead atoms. The Labute approximate surface area is 143 Å². The van der Waals surface area contributed by atoms with Gasteiger partial charge in [-0.05, 0) is 35.7 Å². The second-order valence-electron chi connectivity index (χ2n) is 6.38. The molecule has 1 amide bonds. The van der Waals surface area contributed by atoms with Crippen LogP contribution >= 0.6 is 0 Å². The lowest BCUT2D eigenvalue weighted by Crippen LogP contribution is -2.33. The van der Waals surface area contributed by atoms with Crippen LogP contribution in [0.1, 0.15) is 18.1 Å². The van der Waals surface area contributed by atoms with Gasteiger partial charge < -0.3 is 15.4 Å². The van der Waals surface area contributed by atoms with Gasteiger partial charge in [0.15, 0.2) is 0 Å². The molecule has 24 heavy (non-hydrogen) atoms. The molecule has 0 saturated carbocycles. The molecule has 1 heterocycles. The van der Waals surface area contributed by atoms with Gasteiger partial charge in [0.25, 0.3) is 0 Å². The molecule has 2 atom stereocenters. The fourth-order valence-electron chi connectivity index (χ4n) is 2.93. The van der Waals surface area contributed by atoms with Crippen molar-refractivity contribution in [3.63, 3.8) is 0 Å². The Balaban J connectivity index is 1.47. The van der Waals surface area contributed by atoms with Crippen LogP contribution in [0.3, 0.4) is 0 Å². The first-order valence-corrected chi connectivity index (χ1v) is 8.46. The number of carbonyl (C=O) groups excluding carboxylic acids is 1. The average molecular weight is 324 g/mol. The monoisotopic (exact) mass is 324 g/mol. The van der Waals surface area contributed by atoms with Gasteiger partial charge in [-0.15, -0.1) is 0 Å². The topological polar surface area (TPSA) is 50.4 Å². The zero-order valence-corrected chi connectivity index (χ0v) is 14.0. The fraction of sp³-hybridized carbons (Fsp3) is 0.350. The van der Waals surface area contributed by atoms with E-state index in [1.54, 1.807) is 0 Å². The number of carbonyl (C=O) groups is 1. The summed E-state index contributed by atoms with van der Waals surface area (Å²) in [5.74, 6) is 1.46. The van der Waals surface area contributed by atoms with E-state index in [-0.39, 0.29) is 11.8 Å². The molecular formula is C20H24N2O2. The number of nitrogens with one attached hydrogen (secondary N) is 2. The lowest BCUT2D eigenvalue weighted by Gasteiger charge is -2.14. The molecule has 2 aromatic carbocycles. The van der Waals surface area contributed by atoms with Crippen LogP contribution in [0.15, 0.2) is 54.6 Å². The highest BCUT2D eigenvalue weighted by Crippen LogP contribution is 2.17. The first-order valence-electron chi connectivity index (χ1n) is 8.46. The van der Waals surface area contributed by atoms with Gasteiger partial charge in [0, 0.05) is 13.1 Å². The van der Waals surface area contributed by atoms with Gasteiger partial charge in [-0.1, -0.05) is 49.4 Å². The summed E-state index contributed by atoms with van der Waals surface area (Å²) in [6.45, 7) is 4.93. The largest absolute Gasteiger partial charge is 0.489 e. The van der Waals surface area contributed by atoms with Crippen LogP contribution in [-0.2, 0) is 17.9 Å². The van der Waals surface area contributed by atoms with E-state index < -0.39 is 0 Å². The van der Waals surface area contributed by atoms with E-state index in [0.717, 1.165) is 30.0 Å². The number of hydrogen-bond acceptors (Lipinski definition) is 3. The van der Waals surface area contributed by atoms with Crippen molar-refractivity contribution in [3.8, 4) is 5.75 Å². The predicted octanol–water partition coefficient (Wildman–Crippen LogP) is 2.74. The van der Waals surface area contributed by atoms with E-state index in [9.17, 15) is 4.79 Å². The van der Waals surface area contributed by atoms with Crippen LogP contribution in [-0.4, -0.2) is 19.0 Å². The van der Waals surface area contributed by atoms with Crippen molar-refractivity contribution in [3.05, 3.63) is 65.7 Å². The third-order valence-corrected chi connectivity index (χ3v) is 4.49. The molecule has 0 spiro atoms. The van der Waals surface area contributed by atoms with Gasteiger partial charge in [-0.2, -0.15) is 0 Å². The van der Waals surface area contributed by atoms with Gasteiger partial charge in [0.1, 0.15) is 12.4 Å². The quantitative estimate of drug-likeness (QED) is 0.859. The summed E-state index contributed by atoms with van der Waals surface area (Å²) in [7, 11) is 0. The maximum atomic E-state index is 12.2. The van der Waals surface area contributed by atoms with Crippen molar-refractivity contribution in [1.29, 1.82) is 0 Å². The van der Waals surface area contributed by atoms with E-state index in [0.29, 0.717) is 19.1 Å². The van der Waals surface area contributed by atoms with E-state index in [4.69, 9.17) is 4.74 Å². The highest BCUT2D eigenvalue weighted by Gasteiger charge is 2.29. The third-order valence-electron chi connectivity index (χ3n) is 4.49. The van der Waals surface area contributed by atoms with Crippen LogP contribution in [0.4, 0.5) is 0 Å². The normalized spacial score (nSPS) is 19.9. The summed E-state index contributed by atoms with van der Waals surface area (Å²) < 4.78 is 5.77. The zero-order chi connectivity index (χ0) is 16.8. The first-order chi connectivity index (χ1) is 11.7. The van der Waals surface area contributed by atoms with Crippen molar-refractivity contribution in [1.82, 2.24) is 10.6 Å². The zero-order valence-electron chi connectivity index (χ0n) is 14.0. The van der Waals surface area contributed by atoms with Gasteiger partial charge in [-0.25, -0.2) is 0 Å². The van der Waals surface area contributed by atoms with Crippen LogP contribution < -0.4 is 15.4 Å². The van der Waals surface area contributed by atoms with Crippen molar-refractivity contribution in [2.24, 2.45) is 11.8 Å². The van der Waals surface area contributed by atoms with Gasteiger partial charge >= 0.3 is 0 Å². The molecule has 3 rings (SSSR count). The van der Waals surface area contributed by atoms with Crippen molar-refractivity contribution >= 4 is 5.91 Å². The van der Waals surface area contributed by atoms with E-state index in [1.807, 2.05) is 54.6 Å². The molecule has 1 aliphatic heterocycles. The number of rotatable bonds is 6. The SMILES string of the molecule is C[C@@H]1CNC[C@H]1C(=O)NCc1ccc(OCc2ccccc2)cc1. The molecule has 126 valence electrons. The molecule has 1 saturated heterocycles. The molecule has 0 aromatic heterocycles. The highest BCUT2D eigenvalue weighted by molar-refractivity contribution is 5.79. The molecule has 2 N–H and O–H groups in total. The van der Waals surface area contributed by atoms with Gasteiger partial charge in [-0.3, -0.25) is 4.79 Å². The van der Waals surface area contributed by atoms with Crippen LogP contribution in [0, 0.1) is 11.8 Å². The van der Waals surface area contributed by atoms with Crippen molar-refractivity contribution in [2.45, 2.75) is 20.1 Å². The molecule has 0 radical (unpaired) electrons. The maximum absolute atomic E-state index is 12.2. The van der Waals surface area contributed by atoms with Gasteiger partial charge in [0.05, 0.1) is 5.92 Å². The minimum absolute atomic E-state index is 0.0819. The minimum atomic E-state index is 0.0819. The third kappa shape index (κ3) is 4.36. The maximum Gasteiger partial charge on any atom is 0.224 e. The van der Waals surface area contributed by atoms with Crippen LogP contribution in [0.5, 0.6) is 5.75 Å². The van der Waals surface area contributed by atoms with Crippen LogP contribution in [0.25, 0.3) is 0 Å². The standard InChI is InChI=1S/C20H24N2O2/c1-15-11-21-13-19(15)20(23)22-12-16-7-9-18(10-8-16)24-14-17-5-3-2-4-6-17/h2-10,15,19,21H,11-14H2,1H3,(H,22,23)/t15-,19-/m1/s1. The minimum Gasteiger partial charge on any atom is -0.489 e. The number of ether oxygens (including phenoxy) is 1.